The molecule has 29 heavy (non-hydrogen) atoms. The number of carbonyl (C=O) groups is 3. The Morgan fingerprint density at radius 2 is 2.10 bits per heavy atom. The first-order valence-corrected chi connectivity index (χ1v) is 9.16. The highest BCUT2D eigenvalue weighted by molar-refractivity contribution is 6.09. The molecule has 2 aliphatic rings. The number of carbonyl (C=O) groups excluding carboxylic acids is 3. The maximum atomic E-state index is 14.5. The molecule has 3 amide bonds. The SMILES string of the molecule is Cc1ccc2c(c1F)C(=O)N(C[C@@]1(c3cc4ncccc4o3)CC(=O)NC1=O)C2. The van der Waals surface area contributed by atoms with Crippen molar-refractivity contribution in [1.29, 1.82) is 0 Å². The number of imide groups is 1. The summed E-state index contributed by atoms with van der Waals surface area (Å²) in [6.07, 6.45) is 1.44. The van der Waals surface area contributed by atoms with E-state index < -0.39 is 29.0 Å². The summed E-state index contributed by atoms with van der Waals surface area (Å²) in [5.41, 5.74) is 0.603. The molecule has 1 saturated heterocycles. The Kier molecular flexibility index (Phi) is 3.61. The van der Waals surface area contributed by atoms with Gasteiger partial charge in [-0.2, -0.15) is 0 Å². The Balaban J connectivity index is 1.57. The fourth-order valence-electron chi connectivity index (χ4n) is 4.13. The van der Waals surface area contributed by atoms with Crippen molar-refractivity contribution in [3.05, 3.63) is 64.8 Å². The molecule has 0 radical (unpaired) electrons. The van der Waals surface area contributed by atoms with Crippen LogP contribution in [0, 0.1) is 12.7 Å². The van der Waals surface area contributed by atoms with E-state index in [9.17, 15) is 18.8 Å². The van der Waals surface area contributed by atoms with Gasteiger partial charge in [0.2, 0.25) is 11.8 Å². The average molecular weight is 393 g/mol. The second-order valence-electron chi connectivity index (χ2n) is 7.53. The number of furan rings is 1. The summed E-state index contributed by atoms with van der Waals surface area (Å²) in [7, 11) is 0. The number of pyridine rings is 1. The van der Waals surface area contributed by atoms with E-state index in [0.717, 1.165) is 0 Å². The molecule has 1 aromatic carbocycles. The zero-order chi connectivity index (χ0) is 20.3. The number of nitrogens with one attached hydrogen (secondary N) is 1. The maximum Gasteiger partial charge on any atom is 0.257 e. The summed E-state index contributed by atoms with van der Waals surface area (Å²) in [5.74, 6) is -1.78. The molecule has 1 N–H and O–H groups in total. The van der Waals surface area contributed by atoms with Crippen molar-refractivity contribution in [2.75, 3.05) is 6.54 Å². The van der Waals surface area contributed by atoms with Gasteiger partial charge in [-0.25, -0.2) is 4.39 Å². The number of hydrogen-bond acceptors (Lipinski definition) is 5. The molecule has 7 nitrogen and oxygen atoms in total. The minimum absolute atomic E-state index is 0.0242. The van der Waals surface area contributed by atoms with Crippen molar-refractivity contribution in [3.63, 3.8) is 0 Å². The largest absolute Gasteiger partial charge is 0.458 e. The Bertz CT molecular complexity index is 1180. The summed E-state index contributed by atoms with van der Waals surface area (Å²) >= 11 is 0. The Morgan fingerprint density at radius 1 is 1.28 bits per heavy atom. The van der Waals surface area contributed by atoms with Crippen LogP contribution in [0.4, 0.5) is 4.39 Å². The predicted octanol–water partition coefficient (Wildman–Crippen LogP) is 2.22. The Hall–Kier alpha value is -3.55. The van der Waals surface area contributed by atoms with Crippen LogP contribution in [0.5, 0.6) is 0 Å². The standard InChI is InChI=1S/C21H16FN3O4/c1-11-4-5-12-9-25(19(27)17(12)18(11)22)10-21(8-16(26)24-20(21)28)15-7-13-14(29-15)3-2-6-23-13/h2-7H,8-10H2,1H3,(H,24,26,28)/t21-/m1/s1. The average Bonchev–Trinajstić information content (AvgIpc) is 3.34. The number of nitrogens with zero attached hydrogens (tertiary/aromatic N) is 2. The van der Waals surface area contributed by atoms with Gasteiger partial charge in [-0.3, -0.25) is 24.7 Å². The van der Waals surface area contributed by atoms with E-state index in [1.165, 1.54) is 4.90 Å². The molecule has 5 rings (SSSR count). The molecule has 4 heterocycles. The Labute approximate surface area is 164 Å². The van der Waals surface area contributed by atoms with Gasteiger partial charge in [-0.05, 0) is 30.2 Å². The number of halogens is 1. The third-order valence-electron chi connectivity index (χ3n) is 5.65. The van der Waals surface area contributed by atoms with Crippen molar-refractivity contribution in [1.82, 2.24) is 15.2 Å². The summed E-state index contributed by atoms with van der Waals surface area (Å²) in [4.78, 5) is 43.4. The van der Waals surface area contributed by atoms with Crippen LogP contribution >= 0.6 is 0 Å². The summed E-state index contributed by atoms with van der Waals surface area (Å²) < 4.78 is 20.4. The van der Waals surface area contributed by atoms with Gasteiger partial charge < -0.3 is 9.32 Å². The summed E-state index contributed by atoms with van der Waals surface area (Å²) in [6.45, 7) is 1.65. The van der Waals surface area contributed by atoms with Gasteiger partial charge in [-0.15, -0.1) is 0 Å². The van der Waals surface area contributed by atoms with E-state index in [-0.39, 0.29) is 30.8 Å². The van der Waals surface area contributed by atoms with Crippen LogP contribution in [0.2, 0.25) is 0 Å². The maximum absolute atomic E-state index is 14.5. The third-order valence-corrected chi connectivity index (χ3v) is 5.65. The molecular weight excluding hydrogens is 377 g/mol. The van der Waals surface area contributed by atoms with Crippen molar-refractivity contribution in [3.8, 4) is 0 Å². The van der Waals surface area contributed by atoms with Crippen LogP contribution in [-0.4, -0.2) is 34.2 Å². The lowest BCUT2D eigenvalue weighted by Gasteiger charge is -2.28. The smallest absolute Gasteiger partial charge is 0.257 e. The van der Waals surface area contributed by atoms with E-state index in [4.69, 9.17) is 4.42 Å². The molecule has 1 fully saturated rings. The second kappa shape index (κ2) is 5.97. The number of aryl methyl sites for hydroxylation is 1. The molecule has 146 valence electrons. The van der Waals surface area contributed by atoms with E-state index in [1.54, 1.807) is 43.5 Å². The van der Waals surface area contributed by atoms with Crippen LogP contribution in [0.1, 0.15) is 33.7 Å². The van der Waals surface area contributed by atoms with E-state index in [2.05, 4.69) is 10.3 Å². The zero-order valence-corrected chi connectivity index (χ0v) is 15.5. The monoisotopic (exact) mass is 393 g/mol. The van der Waals surface area contributed by atoms with Crippen molar-refractivity contribution >= 4 is 28.8 Å². The minimum Gasteiger partial charge on any atom is -0.458 e. The van der Waals surface area contributed by atoms with Crippen LogP contribution in [0.15, 0.2) is 40.9 Å². The fraction of sp³-hybridized carbons (Fsp3) is 0.238. The molecule has 2 aliphatic heterocycles. The first kappa shape index (κ1) is 17.5. The lowest BCUT2D eigenvalue weighted by Crippen LogP contribution is -2.46. The van der Waals surface area contributed by atoms with Crippen molar-refractivity contribution in [2.24, 2.45) is 0 Å². The van der Waals surface area contributed by atoms with Gasteiger partial charge in [0, 0.05) is 25.4 Å². The first-order valence-electron chi connectivity index (χ1n) is 9.16. The molecule has 0 unspecified atom stereocenters. The highest BCUT2D eigenvalue weighted by atomic mass is 19.1. The van der Waals surface area contributed by atoms with Gasteiger partial charge >= 0.3 is 0 Å². The molecule has 1 atom stereocenters. The molecule has 8 heteroatoms. The van der Waals surface area contributed by atoms with Crippen LogP contribution in [-0.2, 0) is 21.5 Å². The van der Waals surface area contributed by atoms with Crippen LogP contribution in [0.25, 0.3) is 11.1 Å². The number of hydrogen-bond donors (Lipinski definition) is 1. The van der Waals surface area contributed by atoms with Crippen molar-refractivity contribution < 1.29 is 23.2 Å². The number of amides is 3. The number of rotatable bonds is 3. The quantitative estimate of drug-likeness (QED) is 0.689. The van der Waals surface area contributed by atoms with Gasteiger partial charge in [0.15, 0.2) is 5.58 Å². The van der Waals surface area contributed by atoms with E-state index in [0.29, 0.717) is 22.2 Å². The summed E-state index contributed by atoms with van der Waals surface area (Å²) in [6, 6.07) is 8.36. The first-order chi connectivity index (χ1) is 13.9. The number of fused-ring (bicyclic) bond motifs is 2. The molecule has 2 aromatic heterocycles. The lowest BCUT2D eigenvalue weighted by atomic mass is 9.82. The second-order valence-corrected chi connectivity index (χ2v) is 7.53. The van der Waals surface area contributed by atoms with Gasteiger partial charge in [0.1, 0.15) is 22.5 Å². The van der Waals surface area contributed by atoms with Gasteiger partial charge in [-0.1, -0.05) is 12.1 Å². The molecule has 0 aliphatic carbocycles. The normalized spacial score (nSPS) is 21.2. The van der Waals surface area contributed by atoms with Crippen molar-refractivity contribution in [2.45, 2.75) is 25.3 Å². The van der Waals surface area contributed by atoms with Crippen LogP contribution in [0.3, 0.4) is 0 Å². The molecular formula is C21H16FN3O4. The van der Waals surface area contributed by atoms with E-state index in [1.807, 2.05) is 0 Å². The van der Waals surface area contributed by atoms with Gasteiger partial charge in [0.25, 0.3) is 5.91 Å². The minimum atomic E-state index is -1.39. The highest BCUT2D eigenvalue weighted by Crippen LogP contribution is 2.38. The molecule has 3 aromatic rings. The van der Waals surface area contributed by atoms with Gasteiger partial charge in [0.05, 0.1) is 12.0 Å². The lowest BCUT2D eigenvalue weighted by molar-refractivity contribution is -0.126. The number of aromatic nitrogens is 1. The molecule has 0 bridgehead atoms. The summed E-state index contributed by atoms with van der Waals surface area (Å²) in [5, 5.41) is 2.31. The van der Waals surface area contributed by atoms with Crippen LogP contribution < -0.4 is 5.32 Å². The predicted molar refractivity (Wildman–Crippen MR) is 99.3 cm³/mol. The molecule has 0 saturated carbocycles. The number of benzene rings is 1. The van der Waals surface area contributed by atoms with E-state index >= 15 is 0 Å². The third kappa shape index (κ3) is 2.48. The topological polar surface area (TPSA) is 92.5 Å². The molecule has 0 spiro atoms. The highest BCUT2D eigenvalue weighted by Gasteiger charge is 2.53. The fourth-order valence-corrected chi connectivity index (χ4v) is 4.13. The zero-order valence-electron chi connectivity index (χ0n) is 15.5. The Morgan fingerprint density at radius 3 is 2.83 bits per heavy atom.